The van der Waals surface area contributed by atoms with Gasteiger partial charge in [0.2, 0.25) is 11.8 Å². The van der Waals surface area contributed by atoms with Crippen molar-refractivity contribution < 1.29 is 43.1 Å². The van der Waals surface area contributed by atoms with E-state index in [9.17, 15) is 19.2 Å². The van der Waals surface area contributed by atoms with E-state index in [1.165, 1.54) is 12.2 Å². The zero-order chi connectivity index (χ0) is 36.4. The molecular formula is C34H63N5O9. The molecule has 0 bridgehead atoms. The summed E-state index contributed by atoms with van der Waals surface area (Å²) in [6.07, 6.45) is 4.16. The Bertz CT molecular complexity index is 979. The smallest absolute Gasteiger partial charge is 0.253 e. The molecule has 0 saturated heterocycles. The van der Waals surface area contributed by atoms with Crippen molar-refractivity contribution in [2.75, 3.05) is 52.7 Å². The van der Waals surface area contributed by atoms with Gasteiger partial charge in [0, 0.05) is 75.5 Å². The summed E-state index contributed by atoms with van der Waals surface area (Å²) in [6.45, 7) is 22.7. The van der Waals surface area contributed by atoms with Crippen LogP contribution in [0.5, 0.6) is 0 Å². The zero-order valence-electron chi connectivity index (χ0n) is 31.0. The standard InChI is InChI=1S/C34H63N5O9/c1-31(2,3)45-22-16-33(7,8)37-47-24-26(25-48-38-34(9,10)17-23-46-32(4,5)6)44-21-11-12-27(40)35-18-19-36-28(41)15-20-39-29(42)13-14-30(39)43/h13-14,26,37-38H,11-12,15-25H2,1-10H3,(H,35,40)(H,36,41). The number of nitrogens with one attached hydrogen (secondary N) is 4. The molecule has 4 amide bonds. The van der Waals surface area contributed by atoms with Crippen LogP contribution in [0.3, 0.4) is 0 Å². The molecule has 0 saturated carbocycles. The van der Waals surface area contributed by atoms with Crippen molar-refractivity contribution in [1.29, 1.82) is 0 Å². The highest BCUT2D eigenvalue weighted by molar-refractivity contribution is 6.13. The Hall–Kier alpha value is -2.46. The van der Waals surface area contributed by atoms with E-state index in [-0.39, 0.29) is 79.8 Å². The summed E-state index contributed by atoms with van der Waals surface area (Å²) in [5.74, 6) is -1.33. The van der Waals surface area contributed by atoms with Crippen molar-refractivity contribution in [2.24, 2.45) is 0 Å². The topological polar surface area (TPSA) is 166 Å². The number of carbonyl (C=O) groups is 4. The number of hydrogen-bond acceptors (Lipinski definition) is 11. The molecular weight excluding hydrogens is 622 g/mol. The highest BCUT2D eigenvalue weighted by Gasteiger charge is 2.25. The van der Waals surface area contributed by atoms with E-state index in [0.717, 1.165) is 17.7 Å². The molecule has 0 aromatic heterocycles. The first kappa shape index (κ1) is 43.6. The maximum Gasteiger partial charge on any atom is 0.253 e. The van der Waals surface area contributed by atoms with Gasteiger partial charge in [0.05, 0.1) is 24.4 Å². The second-order valence-corrected chi connectivity index (χ2v) is 15.2. The van der Waals surface area contributed by atoms with Gasteiger partial charge in [0.25, 0.3) is 11.8 Å². The number of amides is 4. The third kappa shape index (κ3) is 22.2. The fourth-order valence-electron chi connectivity index (χ4n) is 4.06. The van der Waals surface area contributed by atoms with Crippen molar-refractivity contribution in [1.82, 2.24) is 26.5 Å². The predicted molar refractivity (Wildman–Crippen MR) is 182 cm³/mol. The number of carbonyl (C=O) groups excluding carboxylic acids is 4. The number of ether oxygens (including phenoxy) is 3. The van der Waals surface area contributed by atoms with Gasteiger partial charge in [-0.3, -0.25) is 33.8 Å². The van der Waals surface area contributed by atoms with Gasteiger partial charge < -0.3 is 24.8 Å². The van der Waals surface area contributed by atoms with Crippen LogP contribution in [0.15, 0.2) is 12.2 Å². The van der Waals surface area contributed by atoms with E-state index >= 15 is 0 Å². The monoisotopic (exact) mass is 685 g/mol. The zero-order valence-corrected chi connectivity index (χ0v) is 31.0. The fourth-order valence-corrected chi connectivity index (χ4v) is 4.06. The van der Waals surface area contributed by atoms with Crippen LogP contribution in [-0.2, 0) is 43.1 Å². The Labute approximate surface area is 287 Å². The lowest BCUT2D eigenvalue weighted by molar-refractivity contribution is -0.137. The molecule has 48 heavy (non-hydrogen) atoms. The van der Waals surface area contributed by atoms with Crippen molar-refractivity contribution in [2.45, 2.75) is 130 Å². The molecule has 0 spiro atoms. The van der Waals surface area contributed by atoms with Gasteiger partial charge in [-0.2, -0.15) is 11.0 Å². The summed E-state index contributed by atoms with van der Waals surface area (Å²) < 4.78 is 17.7. The summed E-state index contributed by atoms with van der Waals surface area (Å²) >= 11 is 0. The number of hydrogen-bond donors (Lipinski definition) is 4. The van der Waals surface area contributed by atoms with E-state index in [4.69, 9.17) is 23.9 Å². The molecule has 14 heteroatoms. The largest absolute Gasteiger partial charge is 0.376 e. The molecule has 0 radical (unpaired) electrons. The van der Waals surface area contributed by atoms with E-state index in [0.29, 0.717) is 26.2 Å². The van der Waals surface area contributed by atoms with E-state index in [2.05, 4.69) is 21.6 Å². The second kappa shape index (κ2) is 20.9. The normalized spacial score (nSPS) is 14.4. The Balaban J connectivity index is 2.43. The fraction of sp³-hybridized carbons (Fsp3) is 0.824. The van der Waals surface area contributed by atoms with Crippen molar-refractivity contribution in [3.05, 3.63) is 12.2 Å². The van der Waals surface area contributed by atoms with Gasteiger partial charge in [-0.05, 0) is 88.5 Å². The molecule has 0 aliphatic carbocycles. The lowest BCUT2D eigenvalue weighted by Crippen LogP contribution is -2.45. The van der Waals surface area contributed by atoms with Crippen LogP contribution in [0.1, 0.15) is 101 Å². The maximum atomic E-state index is 12.3. The van der Waals surface area contributed by atoms with Crippen LogP contribution in [-0.4, -0.2) is 110 Å². The van der Waals surface area contributed by atoms with Crippen LogP contribution < -0.4 is 21.6 Å². The van der Waals surface area contributed by atoms with E-state index in [1.54, 1.807) is 0 Å². The van der Waals surface area contributed by atoms with Gasteiger partial charge >= 0.3 is 0 Å². The lowest BCUT2D eigenvalue weighted by Gasteiger charge is -2.30. The van der Waals surface area contributed by atoms with Crippen molar-refractivity contribution in [3.63, 3.8) is 0 Å². The molecule has 0 atom stereocenters. The predicted octanol–water partition coefficient (Wildman–Crippen LogP) is 2.71. The minimum Gasteiger partial charge on any atom is -0.376 e. The SMILES string of the molecule is CC(C)(CCOC(C)(C)C)NOCC(CONC(C)(C)CCOC(C)(C)C)OCCCC(=O)NCCNC(=O)CCN1C(=O)C=CC1=O. The average Bonchev–Trinajstić information content (AvgIpc) is 3.26. The summed E-state index contributed by atoms with van der Waals surface area (Å²) in [5, 5.41) is 5.43. The number of nitrogens with zero attached hydrogens (tertiary/aromatic N) is 1. The van der Waals surface area contributed by atoms with Gasteiger partial charge in [0.1, 0.15) is 6.10 Å². The second-order valence-electron chi connectivity index (χ2n) is 15.2. The summed E-state index contributed by atoms with van der Waals surface area (Å²) in [6, 6.07) is 0. The van der Waals surface area contributed by atoms with Crippen molar-refractivity contribution in [3.8, 4) is 0 Å². The third-order valence-electron chi connectivity index (χ3n) is 6.89. The molecule has 14 nitrogen and oxygen atoms in total. The summed E-state index contributed by atoms with van der Waals surface area (Å²) in [5.41, 5.74) is 5.15. The number of imide groups is 1. The Morgan fingerprint density at radius 2 is 1.12 bits per heavy atom. The molecule has 1 aliphatic rings. The molecule has 4 N–H and O–H groups in total. The maximum absolute atomic E-state index is 12.3. The Morgan fingerprint density at radius 3 is 1.56 bits per heavy atom. The molecule has 1 aliphatic heterocycles. The molecule has 0 aromatic rings. The minimum absolute atomic E-state index is 0.00366. The van der Waals surface area contributed by atoms with Crippen LogP contribution >= 0.6 is 0 Å². The van der Waals surface area contributed by atoms with Crippen LogP contribution in [0.25, 0.3) is 0 Å². The van der Waals surface area contributed by atoms with Gasteiger partial charge in [0.15, 0.2) is 0 Å². The molecule has 0 unspecified atom stereocenters. The van der Waals surface area contributed by atoms with Gasteiger partial charge in [-0.1, -0.05) is 0 Å². The summed E-state index contributed by atoms with van der Waals surface area (Å²) in [7, 11) is 0. The first-order chi connectivity index (χ1) is 22.2. The first-order valence-electron chi connectivity index (χ1n) is 16.9. The molecule has 278 valence electrons. The first-order valence-corrected chi connectivity index (χ1v) is 16.9. The Morgan fingerprint density at radius 1 is 0.688 bits per heavy atom. The lowest BCUT2D eigenvalue weighted by atomic mass is 10.0. The molecule has 1 rings (SSSR count). The van der Waals surface area contributed by atoms with Crippen LogP contribution in [0, 0.1) is 0 Å². The third-order valence-corrected chi connectivity index (χ3v) is 6.89. The van der Waals surface area contributed by atoms with Crippen LogP contribution in [0.4, 0.5) is 0 Å². The van der Waals surface area contributed by atoms with E-state index < -0.39 is 17.9 Å². The van der Waals surface area contributed by atoms with Crippen molar-refractivity contribution >= 4 is 23.6 Å². The Kier molecular flexibility index (Phi) is 19.0. The number of hydroxylamine groups is 2. The molecule has 0 fully saturated rings. The highest BCUT2D eigenvalue weighted by atomic mass is 16.7. The highest BCUT2D eigenvalue weighted by Crippen LogP contribution is 2.15. The summed E-state index contributed by atoms with van der Waals surface area (Å²) in [4.78, 5) is 60.1. The van der Waals surface area contributed by atoms with E-state index in [1.807, 2.05) is 69.2 Å². The molecule has 0 aromatic carbocycles. The van der Waals surface area contributed by atoms with Gasteiger partial charge in [-0.25, -0.2) is 0 Å². The molecule has 1 heterocycles. The quantitative estimate of drug-likeness (QED) is 0.0634. The number of rotatable bonds is 25. The van der Waals surface area contributed by atoms with Gasteiger partial charge in [-0.15, -0.1) is 0 Å². The minimum atomic E-state index is -0.424. The average molecular weight is 686 g/mol. The van der Waals surface area contributed by atoms with Crippen LogP contribution in [0.2, 0.25) is 0 Å².